The third kappa shape index (κ3) is 4.01. The first kappa shape index (κ1) is 17.1. The molecule has 1 amide bonds. The number of nitrogens with zero attached hydrogens (tertiary/aromatic N) is 4. The maximum absolute atomic E-state index is 12.4. The number of likely N-dealkylation sites (tertiary alicyclic amines) is 2. The summed E-state index contributed by atoms with van der Waals surface area (Å²) in [5.41, 5.74) is 2.05. The molecule has 1 spiro atoms. The molecule has 2 fully saturated rings. The van der Waals surface area contributed by atoms with Crippen molar-refractivity contribution >= 4 is 5.91 Å². The van der Waals surface area contributed by atoms with Crippen LogP contribution in [0.5, 0.6) is 0 Å². The summed E-state index contributed by atoms with van der Waals surface area (Å²) in [6.45, 7) is 8.73. The van der Waals surface area contributed by atoms with Gasteiger partial charge in [-0.2, -0.15) is 0 Å². The first-order valence-corrected chi connectivity index (χ1v) is 8.99. The predicted octanol–water partition coefficient (Wildman–Crippen LogP) is 2.57. The molecular formula is C19H28N4O. The van der Waals surface area contributed by atoms with E-state index >= 15 is 0 Å². The fraction of sp³-hybridized carbons (Fsp3) is 0.632. The van der Waals surface area contributed by atoms with E-state index in [9.17, 15) is 4.79 Å². The van der Waals surface area contributed by atoms with Gasteiger partial charge in [-0.15, -0.1) is 0 Å². The van der Waals surface area contributed by atoms with Gasteiger partial charge in [0, 0.05) is 37.7 Å². The fourth-order valence-electron chi connectivity index (χ4n) is 4.00. The van der Waals surface area contributed by atoms with Crippen LogP contribution in [0.15, 0.2) is 24.5 Å². The zero-order valence-corrected chi connectivity index (χ0v) is 14.9. The predicted molar refractivity (Wildman–Crippen MR) is 94.3 cm³/mol. The third-order valence-electron chi connectivity index (χ3n) is 5.28. The highest BCUT2D eigenvalue weighted by Crippen LogP contribution is 2.39. The molecule has 1 unspecified atom stereocenters. The van der Waals surface area contributed by atoms with Crippen molar-refractivity contribution in [3.05, 3.63) is 35.9 Å². The largest absolute Gasteiger partial charge is 0.336 e. The van der Waals surface area contributed by atoms with Crippen molar-refractivity contribution in [1.29, 1.82) is 0 Å². The maximum atomic E-state index is 12.4. The molecule has 0 aliphatic carbocycles. The highest BCUT2D eigenvalue weighted by Gasteiger charge is 2.41. The summed E-state index contributed by atoms with van der Waals surface area (Å²) >= 11 is 0. The van der Waals surface area contributed by atoms with Crippen LogP contribution >= 0.6 is 0 Å². The van der Waals surface area contributed by atoms with E-state index in [2.05, 4.69) is 33.9 Å². The van der Waals surface area contributed by atoms with Crippen LogP contribution in [0.1, 0.15) is 44.0 Å². The standard InChI is InChI=1S/C19H28N4O/c1-3-4-9-22-10-5-7-19(14-22)8-6-18(24)23(15-19)13-17-12-20-16(2)11-21-17/h3-4,11-12H,5-10,13-15H2,1-2H3/b4-3+. The first-order chi connectivity index (χ1) is 11.6. The Labute approximate surface area is 144 Å². The summed E-state index contributed by atoms with van der Waals surface area (Å²) in [5.74, 6) is 0.258. The van der Waals surface area contributed by atoms with Crippen LogP contribution in [-0.2, 0) is 11.3 Å². The Morgan fingerprint density at radius 2 is 2.12 bits per heavy atom. The van der Waals surface area contributed by atoms with Crippen LogP contribution in [0, 0.1) is 12.3 Å². The molecule has 1 aromatic heterocycles. The van der Waals surface area contributed by atoms with E-state index in [0.29, 0.717) is 13.0 Å². The molecule has 5 nitrogen and oxygen atoms in total. The number of carbonyl (C=O) groups is 1. The highest BCUT2D eigenvalue weighted by atomic mass is 16.2. The summed E-state index contributed by atoms with van der Waals surface area (Å²) < 4.78 is 0. The van der Waals surface area contributed by atoms with Crippen molar-refractivity contribution in [3.8, 4) is 0 Å². The van der Waals surface area contributed by atoms with Gasteiger partial charge in [-0.3, -0.25) is 19.7 Å². The number of hydrogen-bond acceptors (Lipinski definition) is 4. The molecule has 1 aromatic rings. The number of aromatic nitrogens is 2. The van der Waals surface area contributed by atoms with Gasteiger partial charge in [0.2, 0.25) is 5.91 Å². The number of amides is 1. The Hall–Kier alpha value is -1.75. The van der Waals surface area contributed by atoms with Crippen LogP contribution in [0.3, 0.4) is 0 Å². The average molecular weight is 328 g/mol. The van der Waals surface area contributed by atoms with E-state index in [-0.39, 0.29) is 11.3 Å². The van der Waals surface area contributed by atoms with Gasteiger partial charge in [-0.05, 0) is 39.7 Å². The summed E-state index contributed by atoms with van der Waals surface area (Å²) in [5, 5.41) is 0. The Morgan fingerprint density at radius 3 is 2.88 bits per heavy atom. The van der Waals surface area contributed by atoms with Crippen molar-refractivity contribution in [2.75, 3.05) is 26.2 Å². The van der Waals surface area contributed by atoms with Gasteiger partial charge in [-0.1, -0.05) is 12.2 Å². The first-order valence-electron chi connectivity index (χ1n) is 8.99. The van der Waals surface area contributed by atoms with E-state index in [1.54, 1.807) is 12.4 Å². The number of allylic oxidation sites excluding steroid dienone is 1. The zero-order chi connectivity index (χ0) is 17.0. The molecule has 0 aromatic carbocycles. The van der Waals surface area contributed by atoms with Gasteiger partial charge in [0.15, 0.2) is 0 Å². The summed E-state index contributed by atoms with van der Waals surface area (Å²) in [7, 11) is 0. The third-order valence-corrected chi connectivity index (χ3v) is 5.28. The Bertz CT molecular complexity index is 598. The normalized spacial score (nSPS) is 25.8. The lowest BCUT2D eigenvalue weighted by Gasteiger charge is -2.48. The second kappa shape index (κ2) is 7.43. The maximum Gasteiger partial charge on any atom is 0.222 e. The van der Waals surface area contributed by atoms with Gasteiger partial charge in [0.25, 0.3) is 0 Å². The number of piperidine rings is 2. The van der Waals surface area contributed by atoms with E-state index in [1.165, 1.54) is 19.4 Å². The number of aryl methyl sites for hydroxylation is 1. The zero-order valence-electron chi connectivity index (χ0n) is 14.9. The molecule has 1 atom stereocenters. The van der Waals surface area contributed by atoms with E-state index in [1.807, 2.05) is 11.8 Å². The topological polar surface area (TPSA) is 49.3 Å². The molecule has 0 radical (unpaired) electrons. The molecule has 0 saturated carbocycles. The number of rotatable bonds is 4. The molecular weight excluding hydrogens is 300 g/mol. The number of hydrogen-bond donors (Lipinski definition) is 0. The molecule has 3 rings (SSSR count). The van der Waals surface area contributed by atoms with Crippen molar-refractivity contribution < 1.29 is 4.79 Å². The van der Waals surface area contributed by atoms with Gasteiger partial charge >= 0.3 is 0 Å². The SMILES string of the molecule is C/C=C/CN1CCCC2(CCC(=O)N(Cc3cnc(C)cn3)C2)C1. The second-order valence-corrected chi connectivity index (χ2v) is 7.31. The highest BCUT2D eigenvalue weighted by molar-refractivity contribution is 5.77. The van der Waals surface area contributed by atoms with Crippen LogP contribution in [0.2, 0.25) is 0 Å². The average Bonchev–Trinajstić information content (AvgIpc) is 2.59. The van der Waals surface area contributed by atoms with E-state index < -0.39 is 0 Å². The van der Waals surface area contributed by atoms with Crippen LogP contribution in [0.4, 0.5) is 0 Å². The Morgan fingerprint density at radius 1 is 1.25 bits per heavy atom. The molecule has 2 aliphatic heterocycles. The molecule has 3 heterocycles. The van der Waals surface area contributed by atoms with Gasteiger partial charge in [-0.25, -0.2) is 0 Å². The lowest BCUT2D eigenvalue weighted by Crippen LogP contribution is -2.53. The molecule has 0 N–H and O–H groups in total. The Balaban J connectivity index is 1.67. The fourth-order valence-corrected chi connectivity index (χ4v) is 4.00. The summed E-state index contributed by atoms with van der Waals surface area (Å²) in [4.78, 5) is 25.7. The van der Waals surface area contributed by atoms with Crippen LogP contribution in [-0.4, -0.2) is 51.9 Å². The lowest BCUT2D eigenvalue weighted by molar-refractivity contribution is -0.140. The minimum Gasteiger partial charge on any atom is -0.336 e. The van der Waals surface area contributed by atoms with Crippen LogP contribution < -0.4 is 0 Å². The second-order valence-electron chi connectivity index (χ2n) is 7.31. The monoisotopic (exact) mass is 328 g/mol. The van der Waals surface area contributed by atoms with Gasteiger partial charge < -0.3 is 4.90 Å². The smallest absolute Gasteiger partial charge is 0.222 e. The van der Waals surface area contributed by atoms with Crippen molar-refractivity contribution in [2.24, 2.45) is 5.41 Å². The van der Waals surface area contributed by atoms with E-state index in [4.69, 9.17) is 0 Å². The van der Waals surface area contributed by atoms with Gasteiger partial charge in [0.05, 0.1) is 24.1 Å². The summed E-state index contributed by atoms with van der Waals surface area (Å²) in [6.07, 6.45) is 12.1. The quantitative estimate of drug-likeness (QED) is 0.797. The van der Waals surface area contributed by atoms with Gasteiger partial charge in [0.1, 0.15) is 0 Å². The van der Waals surface area contributed by atoms with E-state index in [0.717, 1.165) is 37.4 Å². The summed E-state index contributed by atoms with van der Waals surface area (Å²) in [6, 6.07) is 0. The van der Waals surface area contributed by atoms with Crippen molar-refractivity contribution in [1.82, 2.24) is 19.8 Å². The van der Waals surface area contributed by atoms with Crippen LogP contribution in [0.25, 0.3) is 0 Å². The molecule has 5 heteroatoms. The minimum absolute atomic E-state index is 0.256. The minimum atomic E-state index is 0.256. The van der Waals surface area contributed by atoms with Crippen molar-refractivity contribution in [3.63, 3.8) is 0 Å². The lowest BCUT2D eigenvalue weighted by atomic mass is 9.73. The van der Waals surface area contributed by atoms with Crippen molar-refractivity contribution in [2.45, 2.75) is 46.1 Å². The number of carbonyl (C=O) groups excluding carboxylic acids is 1. The molecule has 2 aliphatic rings. The molecule has 2 saturated heterocycles. The molecule has 0 bridgehead atoms. The Kier molecular flexibility index (Phi) is 5.29. The molecule has 130 valence electrons. The molecule has 24 heavy (non-hydrogen) atoms.